The van der Waals surface area contributed by atoms with Crippen LogP contribution in [0.2, 0.25) is 0 Å². The minimum absolute atomic E-state index is 0.104. The second-order valence-corrected chi connectivity index (χ2v) is 6.75. The van der Waals surface area contributed by atoms with Crippen molar-refractivity contribution < 1.29 is 9.59 Å². The third-order valence-corrected chi connectivity index (χ3v) is 5.63. The van der Waals surface area contributed by atoms with E-state index in [1.54, 1.807) is 0 Å². The Hall–Kier alpha value is -3.47. The summed E-state index contributed by atoms with van der Waals surface area (Å²) in [6, 6.07) is 3.04. The van der Waals surface area contributed by atoms with E-state index in [2.05, 4.69) is 0 Å². The van der Waals surface area contributed by atoms with E-state index < -0.39 is 16.3 Å². The second-order valence-electron chi connectivity index (χ2n) is 6.75. The van der Waals surface area contributed by atoms with Crippen molar-refractivity contribution in [2.24, 2.45) is 0 Å². The molecule has 0 saturated heterocycles. The average Bonchev–Trinajstić information content (AvgIpc) is 3.07. The highest BCUT2D eigenvalue weighted by atomic mass is 16.1. The van der Waals surface area contributed by atoms with Crippen molar-refractivity contribution in [1.82, 2.24) is 0 Å². The number of carbonyl (C=O) groups is 2. The molecule has 5 rings (SSSR count). The third kappa shape index (κ3) is 1.34. The number of aryl methyl sites for hydroxylation is 2. The molecule has 124 valence electrons. The number of benzene rings is 3. The summed E-state index contributed by atoms with van der Waals surface area (Å²) >= 11 is 0. The van der Waals surface area contributed by atoms with E-state index in [0.29, 0.717) is 39.3 Å². The fraction of sp³-hybridized carbons (Fsp3) is 0.0952. The maximum atomic E-state index is 13.1. The molecule has 5 nitrogen and oxygen atoms in total. The first-order valence-electron chi connectivity index (χ1n) is 8.07. The summed E-state index contributed by atoms with van der Waals surface area (Å²) < 4.78 is 0. The lowest BCUT2D eigenvalue weighted by Gasteiger charge is -2.05. The Morgan fingerprint density at radius 2 is 1.04 bits per heavy atom. The Morgan fingerprint density at radius 1 is 0.615 bits per heavy atom. The molecule has 0 spiro atoms. The molecule has 2 aliphatic carbocycles. The van der Waals surface area contributed by atoms with Crippen LogP contribution in [0.1, 0.15) is 31.8 Å². The highest BCUT2D eigenvalue weighted by Crippen LogP contribution is 2.38. The van der Waals surface area contributed by atoms with Crippen molar-refractivity contribution >= 4 is 44.9 Å². The topological polar surface area (TPSA) is 85.3 Å². The van der Waals surface area contributed by atoms with E-state index in [4.69, 9.17) is 0 Å². The highest BCUT2D eigenvalue weighted by molar-refractivity contribution is 6.17. The molecule has 0 N–H and O–H groups in total. The molecule has 0 saturated carbocycles. The fourth-order valence-corrected chi connectivity index (χ4v) is 4.52. The van der Waals surface area contributed by atoms with Crippen LogP contribution in [0.15, 0.2) is 26.5 Å². The minimum Gasteiger partial charge on any atom is -0.298 e. The molecule has 2 aliphatic rings. The molecule has 3 aromatic carbocycles. The summed E-state index contributed by atoms with van der Waals surface area (Å²) in [6.45, 7) is 3.74. The first-order valence-corrected chi connectivity index (χ1v) is 8.07. The van der Waals surface area contributed by atoms with Crippen LogP contribution in [0.25, 0.3) is 32.3 Å². The minimum atomic E-state index is -0.701. The van der Waals surface area contributed by atoms with Crippen LogP contribution < -0.4 is 16.3 Å². The molecule has 5 heteroatoms. The zero-order valence-corrected chi connectivity index (χ0v) is 13.9. The van der Waals surface area contributed by atoms with E-state index in [9.17, 15) is 24.0 Å². The number of carbonyl (C=O) groups excluding carboxylic acids is 2. The summed E-state index contributed by atoms with van der Waals surface area (Å²) in [7, 11) is 0. The van der Waals surface area contributed by atoms with Crippen LogP contribution in [-0.2, 0) is 0 Å². The Kier molecular flexibility index (Phi) is 2.50. The van der Waals surface area contributed by atoms with Gasteiger partial charge in [0.1, 0.15) is 0 Å². The number of hydrogen-bond donors (Lipinski definition) is 0. The summed E-state index contributed by atoms with van der Waals surface area (Å²) in [4.78, 5) is 61.2. The number of aldehydes is 2. The second kappa shape index (κ2) is 4.38. The van der Waals surface area contributed by atoms with Gasteiger partial charge in [-0.1, -0.05) is 0 Å². The first-order chi connectivity index (χ1) is 12.4. The molecule has 0 unspecified atom stereocenters. The van der Waals surface area contributed by atoms with Crippen molar-refractivity contribution in [2.45, 2.75) is 13.8 Å². The van der Waals surface area contributed by atoms with E-state index in [1.807, 2.05) is 13.8 Å². The van der Waals surface area contributed by atoms with Gasteiger partial charge in [-0.05, 0) is 58.3 Å². The van der Waals surface area contributed by atoms with Gasteiger partial charge in [-0.15, -0.1) is 0 Å². The Balaban J connectivity index is 2.40. The maximum Gasteiger partial charge on any atom is 0.202 e. The van der Waals surface area contributed by atoms with Gasteiger partial charge in [0, 0.05) is 10.8 Å². The maximum absolute atomic E-state index is 13.1. The molecule has 0 radical (unpaired) electrons. The number of rotatable bonds is 2. The Labute approximate surface area is 144 Å². The van der Waals surface area contributed by atoms with Gasteiger partial charge in [-0.2, -0.15) is 0 Å². The Morgan fingerprint density at radius 3 is 1.42 bits per heavy atom. The molecular weight excluding hydrogens is 332 g/mol. The number of hydrogen-bond acceptors (Lipinski definition) is 5. The molecule has 26 heavy (non-hydrogen) atoms. The molecular formula is C21H10O5. The predicted molar refractivity (Wildman–Crippen MR) is 98.1 cm³/mol. The van der Waals surface area contributed by atoms with Gasteiger partial charge in [-0.3, -0.25) is 24.0 Å². The van der Waals surface area contributed by atoms with Gasteiger partial charge >= 0.3 is 0 Å². The molecule has 0 amide bonds. The smallest absolute Gasteiger partial charge is 0.202 e. The van der Waals surface area contributed by atoms with Crippen LogP contribution in [0.3, 0.4) is 0 Å². The molecule has 0 bridgehead atoms. The van der Waals surface area contributed by atoms with Crippen molar-refractivity contribution in [3.63, 3.8) is 0 Å². The summed E-state index contributed by atoms with van der Waals surface area (Å²) in [5.41, 5.74) is -0.535. The summed E-state index contributed by atoms with van der Waals surface area (Å²) in [6.07, 6.45) is 0.862. The van der Waals surface area contributed by atoms with Crippen LogP contribution in [0.5, 0.6) is 0 Å². The summed E-state index contributed by atoms with van der Waals surface area (Å²) in [5, 5.41) is 3.70. The van der Waals surface area contributed by atoms with Gasteiger partial charge in [-0.25, -0.2) is 0 Å². The standard InChI is InChI=1S/C21H10O5/c1-7-11-3-9(5-22)19(24)17-14(11)16-13(7)8(2)12-4-10(6-23)20(25)18(15(12)16)21(17)26/h3-6H,1-2H3. The molecule has 0 aliphatic heterocycles. The Bertz CT molecular complexity index is 1520. The van der Waals surface area contributed by atoms with Crippen LogP contribution >= 0.6 is 0 Å². The van der Waals surface area contributed by atoms with Crippen molar-refractivity contribution in [2.75, 3.05) is 0 Å². The van der Waals surface area contributed by atoms with Gasteiger partial charge in [0.05, 0.1) is 21.9 Å². The van der Waals surface area contributed by atoms with Crippen LogP contribution in [0, 0.1) is 24.3 Å². The fourth-order valence-electron chi connectivity index (χ4n) is 4.52. The van der Waals surface area contributed by atoms with Gasteiger partial charge < -0.3 is 0 Å². The third-order valence-electron chi connectivity index (χ3n) is 5.63. The lowest BCUT2D eigenvalue weighted by molar-refractivity contribution is 0.111. The summed E-state index contributed by atoms with van der Waals surface area (Å²) in [5.74, 6) is 0. The van der Waals surface area contributed by atoms with Gasteiger partial charge in [0.2, 0.25) is 16.3 Å². The van der Waals surface area contributed by atoms with Crippen molar-refractivity contribution in [1.29, 1.82) is 0 Å². The molecule has 0 fully saturated rings. The zero-order valence-electron chi connectivity index (χ0n) is 13.9. The lowest BCUT2D eigenvalue weighted by atomic mass is 9.94. The van der Waals surface area contributed by atoms with E-state index in [-0.39, 0.29) is 21.9 Å². The molecule has 0 aromatic heterocycles. The normalized spacial score (nSPS) is 12.2. The van der Waals surface area contributed by atoms with Crippen molar-refractivity contribution in [3.8, 4) is 0 Å². The monoisotopic (exact) mass is 342 g/mol. The zero-order chi connectivity index (χ0) is 18.5. The SMILES string of the molecule is Cc1c2c(C)c3cc(C=O)c(=O)c4c(=O)c5c(=O)c(C=O)cc1c5c=2c34. The molecule has 0 heterocycles. The highest BCUT2D eigenvalue weighted by Gasteiger charge is 2.26. The van der Waals surface area contributed by atoms with Crippen LogP contribution in [-0.4, -0.2) is 12.6 Å². The molecule has 3 aromatic rings. The lowest BCUT2D eigenvalue weighted by Crippen LogP contribution is -2.22. The largest absolute Gasteiger partial charge is 0.298 e. The van der Waals surface area contributed by atoms with Gasteiger partial charge in [0.25, 0.3) is 0 Å². The average molecular weight is 342 g/mol. The van der Waals surface area contributed by atoms with Crippen molar-refractivity contribution in [3.05, 3.63) is 75.5 Å². The van der Waals surface area contributed by atoms with E-state index in [1.165, 1.54) is 12.1 Å². The van der Waals surface area contributed by atoms with Crippen LogP contribution in [0.4, 0.5) is 0 Å². The van der Waals surface area contributed by atoms with Gasteiger partial charge in [0.15, 0.2) is 12.6 Å². The first kappa shape index (κ1) is 14.8. The molecule has 0 atom stereocenters. The predicted octanol–water partition coefficient (Wildman–Crippen LogP) is 1.94. The van der Waals surface area contributed by atoms with E-state index in [0.717, 1.165) is 16.3 Å². The quantitative estimate of drug-likeness (QED) is 0.361. The van der Waals surface area contributed by atoms with E-state index >= 15 is 0 Å².